The number of nitriles is 2. The number of halogens is 2. The van der Waals surface area contributed by atoms with Crippen LogP contribution in [0, 0.1) is 34.3 Å². The van der Waals surface area contributed by atoms with Gasteiger partial charge in [-0.3, -0.25) is 0 Å². The summed E-state index contributed by atoms with van der Waals surface area (Å²) < 4.78 is 27.0. The van der Waals surface area contributed by atoms with E-state index in [1.165, 1.54) is 11.0 Å². The Morgan fingerprint density at radius 2 is 1.47 bits per heavy atom. The third kappa shape index (κ3) is 3.42. The lowest BCUT2D eigenvalue weighted by molar-refractivity contribution is 0.570. The molecule has 0 amide bonds. The van der Waals surface area contributed by atoms with Crippen molar-refractivity contribution in [2.75, 3.05) is 18.0 Å². The van der Waals surface area contributed by atoms with Crippen LogP contribution < -0.4 is 4.90 Å². The van der Waals surface area contributed by atoms with Crippen molar-refractivity contribution < 1.29 is 8.78 Å². The van der Waals surface area contributed by atoms with Crippen molar-refractivity contribution in [3.8, 4) is 12.1 Å². The van der Waals surface area contributed by atoms with Crippen molar-refractivity contribution in [3.63, 3.8) is 0 Å². The lowest BCUT2D eigenvalue weighted by atomic mass is 10.2. The Labute approximate surface area is 98.5 Å². The van der Waals surface area contributed by atoms with E-state index in [2.05, 4.69) is 0 Å². The number of rotatable bonds is 5. The SMILES string of the molecule is N#CCCN(CCC#N)c1c(F)cccc1F. The number of anilines is 1. The largest absolute Gasteiger partial charge is 0.365 e. The first-order chi connectivity index (χ1) is 8.20. The van der Waals surface area contributed by atoms with Crippen molar-refractivity contribution in [1.82, 2.24) is 0 Å². The molecule has 1 aromatic rings. The summed E-state index contributed by atoms with van der Waals surface area (Å²) in [6.07, 6.45) is 0.304. The fourth-order valence-corrected chi connectivity index (χ4v) is 1.50. The Balaban J connectivity index is 2.96. The van der Waals surface area contributed by atoms with Crippen LogP contribution in [0.4, 0.5) is 14.5 Å². The minimum Gasteiger partial charge on any atom is -0.365 e. The molecule has 17 heavy (non-hydrogen) atoms. The summed E-state index contributed by atoms with van der Waals surface area (Å²) in [6, 6.07) is 7.42. The molecule has 0 saturated heterocycles. The Hall–Kier alpha value is -2.14. The predicted octanol–water partition coefficient (Wildman–Crippen LogP) is 2.60. The quantitative estimate of drug-likeness (QED) is 0.788. The van der Waals surface area contributed by atoms with Crippen LogP contribution >= 0.6 is 0 Å². The summed E-state index contributed by atoms with van der Waals surface area (Å²) in [5, 5.41) is 17.0. The average molecular weight is 235 g/mol. The molecule has 5 heteroatoms. The van der Waals surface area contributed by atoms with Crippen LogP contribution in [-0.2, 0) is 0 Å². The molecule has 3 nitrogen and oxygen atoms in total. The summed E-state index contributed by atoms with van der Waals surface area (Å²) in [7, 11) is 0. The van der Waals surface area contributed by atoms with Gasteiger partial charge in [0.1, 0.15) is 17.3 Å². The van der Waals surface area contributed by atoms with E-state index in [9.17, 15) is 8.78 Å². The number of hydrogen-bond donors (Lipinski definition) is 0. The first-order valence-electron chi connectivity index (χ1n) is 5.13. The van der Waals surface area contributed by atoms with E-state index < -0.39 is 11.6 Å². The van der Waals surface area contributed by atoms with Gasteiger partial charge in [0.2, 0.25) is 0 Å². The number of hydrogen-bond acceptors (Lipinski definition) is 3. The summed E-state index contributed by atoms with van der Waals surface area (Å²) in [4.78, 5) is 1.39. The Kier molecular flexibility index (Phi) is 4.90. The van der Waals surface area contributed by atoms with E-state index in [1.807, 2.05) is 12.1 Å². The monoisotopic (exact) mass is 235 g/mol. The average Bonchev–Trinajstić information content (AvgIpc) is 2.31. The summed E-state index contributed by atoms with van der Waals surface area (Å²) >= 11 is 0. The highest BCUT2D eigenvalue weighted by atomic mass is 19.1. The molecule has 0 unspecified atom stereocenters. The zero-order valence-electron chi connectivity index (χ0n) is 9.16. The zero-order valence-corrected chi connectivity index (χ0v) is 9.16. The van der Waals surface area contributed by atoms with Crippen molar-refractivity contribution in [2.45, 2.75) is 12.8 Å². The molecule has 0 spiro atoms. The summed E-state index contributed by atoms with van der Waals surface area (Å²) in [5.41, 5.74) is -0.169. The van der Waals surface area contributed by atoms with E-state index >= 15 is 0 Å². The van der Waals surface area contributed by atoms with Crippen LogP contribution in [0.15, 0.2) is 18.2 Å². The third-order valence-electron chi connectivity index (χ3n) is 2.24. The molecule has 0 aliphatic carbocycles. The number of benzene rings is 1. The molecule has 1 rings (SSSR count). The van der Waals surface area contributed by atoms with Gasteiger partial charge in [-0.05, 0) is 12.1 Å². The Morgan fingerprint density at radius 1 is 1.00 bits per heavy atom. The molecular weight excluding hydrogens is 224 g/mol. The first kappa shape index (κ1) is 12.9. The standard InChI is InChI=1S/C12H11F2N3/c13-10-4-1-5-11(14)12(10)17(8-2-6-15)9-3-7-16/h1,4-5H,2-3,8-9H2. The fraction of sp³-hybridized carbons (Fsp3) is 0.333. The van der Waals surface area contributed by atoms with Gasteiger partial charge in [0, 0.05) is 13.1 Å². The van der Waals surface area contributed by atoms with Gasteiger partial charge in [0.15, 0.2) is 0 Å². The second-order valence-corrected chi connectivity index (χ2v) is 3.37. The maximum atomic E-state index is 13.5. The van der Waals surface area contributed by atoms with Crippen molar-refractivity contribution in [1.29, 1.82) is 10.5 Å². The summed E-state index contributed by atoms with van der Waals surface area (Å²) in [5.74, 6) is -1.36. The van der Waals surface area contributed by atoms with Gasteiger partial charge in [-0.1, -0.05) is 6.07 Å². The second kappa shape index (κ2) is 6.44. The van der Waals surface area contributed by atoms with E-state index in [4.69, 9.17) is 10.5 Å². The molecule has 0 aliphatic rings. The molecule has 1 aromatic carbocycles. The second-order valence-electron chi connectivity index (χ2n) is 3.37. The lowest BCUT2D eigenvalue weighted by Crippen LogP contribution is -2.27. The normalized spacial score (nSPS) is 9.41. The van der Waals surface area contributed by atoms with E-state index in [0.29, 0.717) is 0 Å². The minimum atomic E-state index is -0.680. The first-order valence-corrected chi connectivity index (χ1v) is 5.13. The Morgan fingerprint density at radius 3 is 1.88 bits per heavy atom. The van der Waals surface area contributed by atoms with Gasteiger partial charge in [-0.2, -0.15) is 10.5 Å². The van der Waals surface area contributed by atoms with Crippen LogP contribution in [0.25, 0.3) is 0 Å². The van der Waals surface area contributed by atoms with Gasteiger partial charge in [-0.25, -0.2) is 8.78 Å². The topological polar surface area (TPSA) is 50.8 Å². The number of para-hydroxylation sites is 1. The highest BCUT2D eigenvalue weighted by Crippen LogP contribution is 2.23. The molecule has 0 radical (unpaired) electrons. The molecule has 0 fully saturated rings. The molecule has 0 saturated carbocycles. The lowest BCUT2D eigenvalue weighted by Gasteiger charge is -2.23. The maximum absolute atomic E-state index is 13.5. The van der Waals surface area contributed by atoms with Crippen molar-refractivity contribution in [3.05, 3.63) is 29.8 Å². The van der Waals surface area contributed by atoms with Gasteiger partial charge in [0.25, 0.3) is 0 Å². The Bertz CT molecular complexity index is 422. The molecule has 0 atom stereocenters. The van der Waals surface area contributed by atoms with Crippen LogP contribution in [0.2, 0.25) is 0 Å². The maximum Gasteiger partial charge on any atom is 0.149 e. The fourth-order valence-electron chi connectivity index (χ4n) is 1.50. The summed E-state index contributed by atoms with van der Waals surface area (Å²) in [6.45, 7) is 0.409. The molecule has 88 valence electrons. The molecule has 0 aromatic heterocycles. The molecule has 0 heterocycles. The van der Waals surface area contributed by atoms with E-state index in [-0.39, 0.29) is 31.6 Å². The molecule has 0 bridgehead atoms. The van der Waals surface area contributed by atoms with E-state index in [1.54, 1.807) is 0 Å². The number of nitrogens with zero attached hydrogens (tertiary/aromatic N) is 3. The van der Waals surface area contributed by atoms with Gasteiger partial charge in [0.05, 0.1) is 25.0 Å². The highest BCUT2D eigenvalue weighted by Gasteiger charge is 2.15. The van der Waals surface area contributed by atoms with Gasteiger partial charge < -0.3 is 4.90 Å². The molecule has 0 N–H and O–H groups in total. The van der Waals surface area contributed by atoms with Crippen LogP contribution in [0.3, 0.4) is 0 Å². The van der Waals surface area contributed by atoms with Crippen molar-refractivity contribution in [2.24, 2.45) is 0 Å². The van der Waals surface area contributed by atoms with E-state index in [0.717, 1.165) is 12.1 Å². The minimum absolute atomic E-state index is 0.152. The molecule has 0 aliphatic heterocycles. The van der Waals surface area contributed by atoms with Crippen molar-refractivity contribution >= 4 is 5.69 Å². The van der Waals surface area contributed by atoms with Gasteiger partial charge in [-0.15, -0.1) is 0 Å². The van der Waals surface area contributed by atoms with Crippen LogP contribution in [0.1, 0.15) is 12.8 Å². The van der Waals surface area contributed by atoms with Crippen LogP contribution in [0.5, 0.6) is 0 Å². The highest BCUT2D eigenvalue weighted by molar-refractivity contribution is 5.49. The van der Waals surface area contributed by atoms with Crippen LogP contribution in [-0.4, -0.2) is 13.1 Å². The third-order valence-corrected chi connectivity index (χ3v) is 2.24. The smallest absolute Gasteiger partial charge is 0.149 e. The predicted molar refractivity (Wildman–Crippen MR) is 59.0 cm³/mol. The molecular formula is C12H11F2N3. The zero-order chi connectivity index (χ0) is 12.7. The van der Waals surface area contributed by atoms with Gasteiger partial charge >= 0.3 is 0 Å².